The molecule has 1 aromatic heterocycles. The van der Waals surface area contributed by atoms with Gasteiger partial charge in [-0.05, 0) is 24.3 Å². The van der Waals surface area contributed by atoms with E-state index in [0.29, 0.717) is 0 Å². The molecule has 0 spiro atoms. The van der Waals surface area contributed by atoms with Gasteiger partial charge in [0.2, 0.25) is 0 Å². The molecule has 0 radical (unpaired) electrons. The van der Waals surface area contributed by atoms with Crippen LogP contribution >= 0.6 is 0 Å². The molecule has 0 aliphatic rings. The van der Waals surface area contributed by atoms with Gasteiger partial charge in [-0.2, -0.15) is 18.3 Å². The van der Waals surface area contributed by atoms with Gasteiger partial charge in [0.15, 0.2) is 0 Å². The number of halogens is 3. The number of benzene rings is 1. The number of alkyl halides is 3. The van der Waals surface area contributed by atoms with Crippen molar-refractivity contribution in [2.75, 3.05) is 12.4 Å². The smallest absolute Gasteiger partial charge is 0.416 e. The number of methoxy groups -OCH3 is 1. The van der Waals surface area contributed by atoms with Crippen molar-refractivity contribution >= 4 is 11.6 Å². The van der Waals surface area contributed by atoms with Crippen molar-refractivity contribution in [1.29, 1.82) is 0 Å². The van der Waals surface area contributed by atoms with E-state index in [1.165, 1.54) is 20.2 Å². The molecular weight excluding hydrogens is 315 g/mol. The standard InChI is InChI=1S/C14H12F3N3O3/c1-20-12(21)6-4-9(19-20)13(22)18-10-7-8(14(15,16)17)3-5-11(10)23-2/h3-7H,1-2H3,(H,18,22). The van der Waals surface area contributed by atoms with Crippen LogP contribution in [0.15, 0.2) is 35.1 Å². The van der Waals surface area contributed by atoms with Crippen molar-refractivity contribution in [2.45, 2.75) is 6.18 Å². The van der Waals surface area contributed by atoms with E-state index in [2.05, 4.69) is 10.4 Å². The average Bonchev–Trinajstić information content (AvgIpc) is 2.49. The Labute approximate surface area is 128 Å². The number of rotatable bonds is 3. The van der Waals surface area contributed by atoms with Gasteiger partial charge in [0.05, 0.1) is 18.4 Å². The fourth-order valence-electron chi connectivity index (χ4n) is 1.79. The number of nitrogens with zero attached hydrogens (tertiary/aromatic N) is 2. The summed E-state index contributed by atoms with van der Waals surface area (Å²) in [6.07, 6.45) is -4.55. The summed E-state index contributed by atoms with van der Waals surface area (Å²) in [6, 6.07) is 5.02. The Balaban J connectivity index is 2.35. The van der Waals surface area contributed by atoms with E-state index in [1.54, 1.807) is 0 Å². The van der Waals surface area contributed by atoms with Crippen molar-refractivity contribution < 1.29 is 22.7 Å². The Morgan fingerprint density at radius 2 is 1.96 bits per heavy atom. The third kappa shape index (κ3) is 3.68. The lowest BCUT2D eigenvalue weighted by Crippen LogP contribution is -2.23. The van der Waals surface area contributed by atoms with Crippen molar-refractivity contribution in [3.63, 3.8) is 0 Å². The van der Waals surface area contributed by atoms with E-state index in [9.17, 15) is 22.8 Å². The highest BCUT2D eigenvalue weighted by Crippen LogP contribution is 2.35. The minimum absolute atomic E-state index is 0.0659. The van der Waals surface area contributed by atoms with E-state index in [1.807, 2.05) is 0 Å². The predicted molar refractivity (Wildman–Crippen MR) is 75.4 cm³/mol. The molecule has 0 saturated heterocycles. The Kier molecular flexibility index (Phi) is 4.39. The lowest BCUT2D eigenvalue weighted by Gasteiger charge is -2.13. The molecule has 0 unspecified atom stereocenters. The monoisotopic (exact) mass is 327 g/mol. The number of nitrogens with one attached hydrogen (secondary N) is 1. The normalized spacial score (nSPS) is 11.2. The molecule has 0 aliphatic carbocycles. The van der Waals surface area contributed by atoms with Crippen molar-refractivity contribution in [3.8, 4) is 5.75 Å². The lowest BCUT2D eigenvalue weighted by atomic mass is 10.1. The molecule has 122 valence electrons. The maximum absolute atomic E-state index is 12.8. The van der Waals surface area contributed by atoms with Gasteiger partial charge in [-0.3, -0.25) is 9.59 Å². The number of aryl methyl sites for hydroxylation is 1. The third-order valence-electron chi connectivity index (χ3n) is 2.97. The molecule has 2 rings (SSSR count). The van der Waals surface area contributed by atoms with Crippen LogP contribution < -0.4 is 15.6 Å². The van der Waals surface area contributed by atoms with E-state index in [4.69, 9.17) is 4.74 Å². The van der Waals surface area contributed by atoms with Gasteiger partial charge in [-0.15, -0.1) is 0 Å². The predicted octanol–water partition coefficient (Wildman–Crippen LogP) is 2.06. The summed E-state index contributed by atoms with van der Waals surface area (Å²) < 4.78 is 44.1. The van der Waals surface area contributed by atoms with Crippen LogP contribution in [-0.4, -0.2) is 22.8 Å². The molecule has 0 aliphatic heterocycles. The maximum Gasteiger partial charge on any atom is 0.416 e. The number of ether oxygens (including phenoxy) is 1. The zero-order valence-corrected chi connectivity index (χ0v) is 12.1. The van der Waals surface area contributed by atoms with Gasteiger partial charge in [0.25, 0.3) is 11.5 Å². The van der Waals surface area contributed by atoms with Crippen LogP contribution in [-0.2, 0) is 13.2 Å². The summed E-state index contributed by atoms with van der Waals surface area (Å²) in [5, 5.41) is 6.02. The molecule has 1 amide bonds. The van der Waals surface area contributed by atoms with Crippen LogP contribution in [0.1, 0.15) is 16.1 Å². The largest absolute Gasteiger partial charge is 0.495 e. The van der Waals surface area contributed by atoms with Crippen molar-refractivity contribution in [2.24, 2.45) is 7.05 Å². The molecule has 0 fully saturated rings. The first kappa shape index (κ1) is 16.5. The fraction of sp³-hybridized carbons (Fsp3) is 0.214. The SMILES string of the molecule is COc1ccc(C(F)(F)F)cc1NC(=O)c1ccc(=O)n(C)n1. The lowest BCUT2D eigenvalue weighted by molar-refractivity contribution is -0.137. The number of aromatic nitrogens is 2. The number of hydrogen-bond donors (Lipinski definition) is 1. The second kappa shape index (κ2) is 6.11. The topological polar surface area (TPSA) is 73.2 Å². The number of anilines is 1. The summed E-state index contributed by atoms with van der Waals surface area (Å²) >= 11 is 0. The minimum Gasteiger partial charge on any atom is -0.495 e. The summed E-state index contributed by atoms with van der Waals surface area (Å²) in [4.78, 5) is 23.3. The van der Waals surface area contributed by atoms with E-state index in [0.717, 1.165) is 28.9 Å². The molecule has 0 saturated carbocycles. The second-order valence-electron chi connectivity index (χ2n) is 4.55. The third-order valence-corrected chi connectivity index (χ3v) is 2.97. The second-order valence-corrected chi connectivity index (χ2v) is 4.55. The number of hydrogen-bond acceptors (Lipinski definition) is 4. The Morgan fingerprint density at radius 1 is 1.26 bits per heavy atom. The van der Waals surface area contributed by atoms with Crippen LogP contribution in [0.5, 0.6) is 5.75 Å². The first-order chi connectivity index (χ1) is 10.7. The molecule has 0 atom stereocenters. The van der Waals surface area contributed by atoms with Gasteiger partial charge in [-0.25, -0.2) is 4.68 Å². The average molecular weight is 327 g/mol. The van der Waals surface area contributed by atoms with Gasteiger partial charge in [0.1, 0.15) is 11.4 Å². The molecule has 1 aromatic carbocycles. The zero-order chi connectivity index (χ0) is 17.2. The van der Waals surface area contributed by atoms with Crippen LogP contribution in [0, 0.1) is 0 Å². The molecule has 0 bridgehead atoms. The minimum atomic E-state index is -4.55. The summed E-state index contributed by atoms with van der Waals surface area (Å²) in [7, 11) is 2.62. The molecule has 1 N–H and O–H groups in total. The Morgan fingerprint density at radius 3 is 2.52 bits per heavy atom. The summed E-state index contributed by atoms with van der Waals surface area (Å²) in [5.41, 5.74) is -1.62. The van der Waals surface area contributed by atoms with Crippen LogP contribution in [0.25, 0.3) is 0 Å². The molecule has 1 heterocycles. The number of carbonyl (C=O) groups excluding carboxylic acids is 1. The Bertz CT molecular complexity index is 800. The molecule has 2 aromatic rings. The maximum atomic E-state index is 12.8. The van der Waals surface area contributed by atoms with Gasteiger partial charge in [0, 0.05) is 13.1 Å². The van der Waals surface area contributed by atoms with E-state index < -0.39 is 23.2 Å². The highest BCUT2D eigenvalue weighted by molar-refractivity contribution is 6.03. The quantitative estimate of drug-likeness (QED) is 0.936. The summed E-state index contributed by atoms with van der Waals surface area (Å²) in [6.45, 7) is 0. The Hall–Kier alpha value is -2.84. The summed E-state index contributed by atoms with van der Waals surface area (Å²) in [5.74, 6) is -0.700. The van der Waals surface area contributed by atoms with Crippen molar-refractivity contribution in [3.05, 3.63) is 51.9 Å². The highest BCUT2D eigenvalue weighted by atomic mass is 19.4. The number of carbonyl (C=O) groups is 1. The van der Waals surface area contributed by atoms with Gasteiger partial charge < -0.3 is 10.1 Å². The van der Waals surface area contributed by atoms with E-state index >= 15 is 0 Å². The van der Waals surface area contributed by atoms with Gasteiger partial charge >= 0.3 is 6.18 Å². The molecule has 23 heavy (non-hydrogen) atoms. The number of amides is 1. The van der Waals surface area contributed by atoms with Crippen molar-refractivity contribution in [1.82, 2.24) is 9.78 Å². The van der Waals surface area contributed by atoms with Gasteiger partial charge in [-0.1, -0.05) is 0 Å². The fourth-order valence-corrected chi connectivity index (χ4v) is 1.79. The van der Waals surface area contributed by atoms with Crippen LogP contribution in [0.2, 0.25) is 0 Å². The first-order valence-electron chi connectivity index (χ1n) is 6.33. The van der Waals surface area contributed by atoms with E-state index in [-0.39, 0.29) is 17.1 Å². The highest BCUT2D eigenvalue weighted by Gasteiger charge is 2.31. The zero-order valence-electron chi connectivity index (χ0n) is 12.1. The van der Waals surface area contributed by atoms with Crippen LogP contribution in [0.3, 0.4) is 0 Å². The molecule has 9 heteroatoms. The molecular formula is C14H12F3N3O3. The molecule has 6 nitrogen and oxygen atoms in total. The van der Waals surface area contributed by atoms with Crippen LogP contribution in [0.4, 0.5) is 18.9 Å². The first-order valence-corrected chi connectivity index (χ1v) is 6.33.